The van der Waals surface area contributed by atoms with Gasteiger partial charge in [0, 0.05) is 54.7 Å². The number of thiophene rings is 1. The van der Waals surface area contributed by atoms with Crippen molar-refractivity contribution in [1.82, 2.24) is 29.2 Å². The monoisotopic (exact) mass is 590 g/mol. The zero-order chi connectivity index (χ0) is 29.5. The van der Waals surface area contributed by atoms with E-state index >= 15 is 4.39 Å². The molecule has 1 unspecified atom stereocenters. The van der Waals surface area contributed by atoms with Crippen molar-refractivity contribution in [2.45, 2.75) is 19.5 Å². The van der Waals surface area contributed by atoms with Crippen molar-refractivity contribution >= 4 is 27.3 Å². The Hall–Kier alpha value is -4.42. The molecular weight excluding hydrogens is 562 g/mol. The van der Waals surface area contributed by atoms with Gasteiger partial charge >= 0.3 is 0 Å². The lowest BCUT2D eigenvalue weighted by Crippen LogP contribution is -2.40. The summed E-state index contributed by atoms with van der Waals surface area (Å²) in [4.78, 5) is 23.8. The molecule has 216 valence electrons. The third-order valence-electron chi connectivity index (χ3n) is 7.33. The van der Waals surface area contributed by atoms with Crippen molar-refractivity contribution in [3.8, 4) is 39.7 Å². The summed E-state index contributed by atoms with van der Waals surface area (Å²) in [6.07, 6.45) is 4.85. The van der Waals surface area contributed by atoms with Crippen LogP contribution < -0.4 is 4.74 Å². The van der Waals surface area contributed by atoms with E-state index in [9.17, 15) is 9.18 Å². The molecule has 4 aromatic heterocycles. The minimum absolute atomic E-state index is 0.0352. The number of benzene rings is 1. The summed E-state index contributed by atoms with van der Waals surface area (Å²) in [5, 5.41) is 7.54. The third kappa shape index (κ3) is 4.76. The van der Waals surface area contributed by atoms with Crippen LogP contribution in [0.4, 0.5) is 8.78 Å². The van der Waals surface area contributed by atoms with Crippen LogP contribution in [0.2, 0.25) is 0 Å². The van der Waals surface area contributed by atoms with Crippen LogP contribution in [0.1, 0.15) is 18.7 Å². The van der Waals surface area contributed by atoms with Crippen LogP contribution >= 0.6 is 11.3 Å². The predicted octanol–water partition coefficient (Wildman–Crippen LogP) is 5.62. The van der Waals surface area contributed by atoms with Crippen LogP contribution in [0.25, 0.3) is 44.0 Å². The van der Waals surface area contributed by atoms with Gasteiger partial charge in [-0.15, -0.1) is 11.3 Å². The first-order valence-corrected chi connectivity index (χ1v) is 14.2. The molecule has 0 radical (unpaired) electrons. The largest absolute Gasteiger partial charge is 0.490 e. The number of aromatic nitrogens is 5. The first-order valence-electron chi connectivity index (χ1n) is 13.3. The van der Waals surface area contributed by atoms with E-state index in [4.69, 9.17) is 19.6 Å². The first-order chi connectivity index (χ1) is 20.3. The highest BCUT2D eigenvalue weighted by atomic mass is 32.1. The number of hydrogen-bond donors (Lipinski definition) is 0. The molecular formula is C30H28F2N6O3S. The number of ether oxygens (including phenoxy) is 2. The highest BCUT2D eigenvalue weighted by Crippen LogP contribution is 2.47. The van der Waals surface area contributed by atoms with Gasteiger partial charge in [0.15, 0.2) is 0 Å². The molecule has 1 aromatic carbocycles. The number of pyridine rings is 1. The number of carbonyl (C=O) groups is 1. The van der Waals surface area contributed by atoms with E-state index in [0.717, 1.165) is 21.8 Å². The molecule has 0 saturated carbocycles. The molecule has 42 heavy (non-hydrogen) atoms. The van der Waals surface area contributed by atoms with Crippen LogP contribution in [0, 0.1) is 11.6 Å². The summed E-state index contributed by atoms with van der Waals surface area (Å²) in [5.74, 6) is -1.68. The summed E-state index contributed by atoms with van der Waals surface area (Å²) < 4.78 is 45.7. The minimum atomic E-state index is -0.786. The lowest BCUT2D eigenvalue weighted by molar-refractivity contribution is -0.129. The van der Waals surface area contributed by atoms with Gasteiger partial charge in [-0.3, -0.25) is 9.48 Å². The maximum Gasteiger partial charge on any atom is 0.246 e. The van der Waals surface area contributed by atoms with Gasteiger partial charge in [-0.2, -0.15) is 5.10 Å². The van der Waals surface area contributed by atoms with E-state index in [1.54, 1.807) is 11.2 Å². The van der Waals surface area contributed by atoms with Gasteiger partial charge in [0.1, 0.15) is 41.1 Å². The zero-order valence-electron chi connectivity index (χ0n) is 23.3. The lowest BCUT2D eigenvalue weighted by atomic mass is 9.97. The standard InChI is InChI=1S/C30H28F2N6O3S/c1-5-25(39)37-7-8-38-23(17(37)2)14-21(35-38)29-27(26-20(32)12-18(31)13-24(26)41-10-9-40-4)30-19(6-11-42-30)28(34-29)22-15-36(3)16-33-22/h5-6,11-17H,1,7-10H2,2-4H3. The zero-order valence-corrected chi connectivity index (χ0v) is 24.1. The fraction of sp³-hybridized carbons (Fsp3) is 0.267. The number of carbonyl (C=O) groups excluding carboxylic acids is 1. The minimum Gasteiger partial charge on any atom is -0.490 e. The van der Waals surface area contributed by atoms with E-state index < -0.39 is 11.6 Å². The Labute approximate surface area is 244 Å². The summed E-state index contributed by atoms with van der Waals surface area (Å²) in [5.41, 5.74) is 3.45. The van der Waals surface area contributed by atoms with E-state index in [2.05, 4.69) is 11.6 Å². The smallest absolute Gasteiger partial charge is 0.246 e. The fourth-order valence-corrected chi connectivity index (χ4v) is 6.30. The molecule has 1 amide bonds. The molecule has 0 fully saturated rings. The van der Waals surface area contributed by atoms with Crippen LogP contribution in [-0.4, -0.2) is 62.0 Å². The van der Waals surface area contributed by atoms with Crippen molar-refractivity contribution < 1.29 is 23.0 Å². The Balaban J connectivity index is 1.63. The van der Waals surface area contributed by atoms with Crippen molar-refractivity contribution in [2.24, 2.45) is 7.05 Å². The van der Waals surface area contributed by atoms with E-state index in [1.807, 2.05) is 46.9 Å². The molecule has 0 aliphatic carbocycles. The number of aryl methyl sites for hydroxylation is 1. The topological polar surface area (TPSA) is 87.3 Å². The number of hydrogen-bond acceptors (Lipinski definition) is 7. The maximum absolute atomic E-state index is 15.9. The van der Waals surface area contributed by atoms with Crippen molar-refractivity contribution in [3.63, 3.8) is 0 Å². The second-order valence-corrected chi connectivity index (χ2v) is 10.9. The Morgan fingerprint density at radius 2 is 2.00 bits per heavy atom. The van der Waals surface area contributed by atoms with Gasteiger partial charge in [0.05, 0.1) is 42.5 Å². The summed E-state index contributed by atoms with van der Waals surface area (Å²) in [6, 6.07) is 5.52. The number of nitrogens with zero attached hydrogens (tertiary/aromatic N) is 6. The molecule has 1 atom stereocenters. The van der Waals surface area contributed by atoms with Crippen molar-refractivity contribution in [2.75, 3.05) is 26.9 Å². The Morgan fingerprint density at radius 3 is 2.74 bits per heavy atom. The van der Waals surface area contributed by atoms with Crippen molar-refractivity contribution in [1.29, 1.82) is 0 Å². The molecule has 9 nitrogen and oxygen atoms in total. The van der Waals surface area contributed by atoms with Gasteiger partial charge in [0.2, 0.25) is 5.91 Å². The van der Waals surface area contributed by atoms with E-state index in [1.165, 1.54) is 30.6 Å². The number of amides is 1. The summed E-state index contributed by atoms with van der Waals surface area (Å²) in [6.45, 7) is 6.82. The van der Waals surface area contributed by atoms with Gasteiger partial charge in [-0.05, 0) is 30.5 Å². The van der Waals surface area contributed by atoms with Gasteiger partial charge < -0.3 is 18.9 Å². The Morgan fingerprint density at radius 1 is 1.17 bits per heavy atom. The third-order valence-corrected chi connectivity index (χ3v) is 8.26. The Kier molecular flexibility index (Phi) is 7.33. The van der Waals surface area contributed by atoms with Crippen LogP contribution in [0.5, 0.6) is 5.75 Å². The maximum atomic E-state index is 15.9. The molecule has 0 bridgehead atoms. The molecule has 0 N–H and O–H groups in total. The van der Waals surface area contributed by atoms with E-state index in [0.29, 0.717) is 41.4 Å². The highest BCUT2D eigenvalue weighted by molar-refractivity contribution is 7.18. The Bertz CT molecular complexity index is 1830. The number of methoxy groups -OCH3 is 1. The molecule has 1 aliphatic rings. The van der Waals surface area contributed by atoms with Gasteiger partial charge in [-0.25, -0.2) is 18.7 Å². The average Bonchev–Trinajstić information content (AvgIpc) is 3.72. The van der Waals surface area contributed by atoms with Crippen molar-refractivity contribution in [3.05, 3.63) is 72.2 Å². The highest BCUT2D eigenvalue weighted by Gasteiger charge is 2.31. The molecule has 1 aliphatic heterocycles. The van der Waals surface area contributed by atoms with Crippen LogP contribution in [-0.2, 0) is 23.1 Å². The lowest BCUT2D eigenvalue weighted by Gasteiger charge is -2.33. The molecule has 0 spiro atoms. The van der Waals surface area contributed by atoms with E-state index in [-0.39, 0.29) is 36.5 Å². The number of rotatable bonds is 8. The van der Waals surface area contributed by atoms with Crippen LogP contribution in [0.3, 0.4) is 0 Å². The predicted molar refractivity (Wildman–Crippen MR) is 156 cm³/mol. The van der Waals surface area contributed by atoms with Gasteiger partial charge in [0.25, 0.3) is 0 Å². The summed E-state index contributed by atoms with van der Waals surface area (Å²) in [7, 11) is 3.39. The number of imidazole rings is 1. The quantitative estimate of drug-likeness (QED) is 0.172. The second kappa shape index (κ2) is 11.1. The molecule has 0 saturated heterocycles. The molecule has 12 heteroatoms. The SMILES string of the molecule is C=CC(=O)N1CCn2nc(-c3nc(-c4cn(C)cn4)c4ccsc4c3-c3c(F)cc(F)cc3OCCOC)cc2C1C. The normalized spacial score (nSPS) is 14.8. The van der Waals surface area contributed by atoms with Gasteiger partial charge in [-0.1, -0.05) is 6.58 Å². The molecule has 5 heterocycles. The number of halogens is 2. The first kappa shape index (κ1) is 27.7. The average molecular weight is 591 g/mol. The molecule has 5 aromatic rings. The summed E-state index contributed by atoms with van der Waals surface area (Å²) >= 11 is 1.41. The second-order valence-electron chi connectivity index (χ2n) is 9.96. The van der Waals surface area contributed by atoms with Crippen LogP contribution in [0.15, 0.2) is 54.8 Å². The fourth-order valence-electron chi connectivity index (χ4n) is 5.35. The molecule has 6 rings (SSSR count). The number of fused-ring (bicyclic) bond motifs is 2.